The predicted molar refractivity (Wildman–Crippen MR) is 68.7 cm³/mol. The minimum absolute atomic E-state index is 0.230. The Bertz CT molecular complexity index is 318. The molecule has 1 unspecified atom stereocenters. The molecular formula is C12H17ClSi. The monoisotopic (exact) mass is 224 g/mol. The minimum Gasteiger partial charge on any atom is -0.114 e. The molecular weight excluding hydrogens is 208 g/mol. The molecule has 1 aromatic carbocycles. The topological polar surface area (TPSA) is 0 Å². The molecule has 1 atom stereocenters. The number of alkyl halides is 1. The average molecular weight is 225 g/mol. The fourth-order valence-corrected chi connectivity index (χ4v) is 3.06. The second kappa shape index (κ2) is 4.81. The molecule has 14 heavy (non-hydrogen) atoms. The zero-order valence-electron chi connectivity index (χ0n) is 8.89. The molecule has 0 aromatic heterocycles. The molecule has 0 N–H and O–H groups in total. The van der Waals surface area contributed by atoms with Crippen molar-refractivity contribution in [3.8, 4) is 0 Å². The molecule has 0 fully saturated rings. The van der Waals surface area contributed by atoms with Crippen LogP contribution in [-0.2, 0) is 4.87 Å². The van der Waals surface area contributed by atoms with E-state index in [9.17, 15) is 0 Å². The summed E-state index contributed by atoms with van der Waals surface area (Å²) >= 11 is 6.52. The Labute approximate surface area is 94.4 Å². The quantitative estimate of drug-likeness (QED) is 0.418. The standard InChI is InChI=1S/C12H17ClSi/c1-3-4-9-12(2,13)10-7-5-6-8-11(10)14/h3,5-8H,1,4,9H2,2,14H3. The van der Waals surface area contributed by atoms with Gasteiger partial charge in [-0.3, -0.25) is 0 Å². The van der Waals surface area contributed by atoms with E-state index < -0.39 is 0 Å². The highest BCUT2D eigenvalue weighted by Gasteiger charge is 2.23. The summed E-state index contributed by atoms with van der Waals surface area (Å²) in [5.74, 6) is 0. The fourth-order valence-electron chi connectivity index (χ4n) is 1.67. The van der Waals surface area contributed by atoms with E-state index in [4.69, 9.17) is 11.6 Å². The Morgan fingerprint density at radius 3 is 2.71 bits per heavy atom. The summed E-state index contributed by atoms with van der Waals surface area (Å²) in [4.78, 5) is -0.230. The van der Waals surface area contributed by atoms with Gasteiger partial charge in [-0.25, -0.2) is 0 Å². The molecule has 0 saturated carbocycles. The second-order valence-electron chi connectivity index (χ2n) is 3.84. The summed E-state index contributed by atoms with van der Waals surface area (Å²) in [7, 11) is 1.05. The Hall–Kier alpha value is -0.533. The smallest absolute Gasteiger partial charge is 0.0668 e. The molecule has 0 heterocycles. The van der Waals surface area contributed by atoms with Crippen molar-refractivity contribution in [1.82, 2.24) is 0 Å². The molecule has 1 rings (SSSR count). The van der Waals surface area contributed by atoms with Gasteiger partial charge in [0.25, 0.3) is 0 Å². The first-order valence-corrected chi connectivity index (χ1v) is 6.31. The molecule has 0 aliphatic heterocycles. The van der Waals surface area contributed by atoms with E-state index >= 15 is 0 Å². The van der Waals surface area contributed by atoms with Crippen LogP contribution in [0.5, 0.6) is 0 Å². The number of halogens is 1. The van der Waals surface area contributed by atoms with E-state index in [-0.39, 0.29) is 4.87 Å². The van der Waals surface area contributed by atoms with Gasteiger partial charge >= 0.3 is 0 Å². The van der Waals surface area contributed by atoms with Crippen LogP contribution in [0.1, 0.15) is 25.3 Å². The Morgan fingerprint density at radius 2 is 2.14 bits per heavy atom. The average Bonchev–Trinajstić information content (AvgIpc) is 2.15. The van der Waals surface area contributed by atoms with Gasteiger partial charge in [0.15, 0.2) is 0 Å². The van der Waals surface area contributed by atoms with Crippen molar-refractivity contribution in [2.75, 3.05) is 0 Å². The van der Waals surface area contributed by atoms with Crippen LogP contribution >= 0.6 is 11.6 Å². The van der Waals surface area contributed by atoms with Gasteiger partial charge in [0, 0.05) is 10.2 Å². The van der Waals surface area contributed by atoms with Crippen LogP contribution in [0.25, 0.3) is 0 Å². The molecule has 0 radical (unpaired) electrons. The largest absolute Gasteiger partial charge is 0.114 e. The third-order valence-corrected chi connectivity index (χ3v) is 3.79. The SMILES string of the molecule is C=CCCC(C)(Cl)c1ccccc1[SiH3]. The highest BCUT2D eigenvalue weighted by Crippen LogP contribution is 2.32. The van der Waals surface area contributed by atoms with Gasteiger partial charge in [-0.15, -0.1) is 18.2 Å². The zero-order valence-corrected chi connectivity index (χ0v) is 11.6. The summed E-state index contributed by atoms with van der Waals surface area (Å²) < 4.78 is 0. The number of hydrogen-bond donors (Lipinski definition) is 0. The van der Waals surface area contributed by atoms with Crippen molar-refractivity contribution in [2.45, 2.75) is 24.6 Å². The Morgan fingerprint density at radius 1 is 1.50 bits per heavy atom. The van der Waals surface area contributed by atoms with Crippen molar-refractivity contribution in [3.05, 3.63) is 42.5 Å². The second-order valence-corrected chi connectivity index (χ2v) is 5.75. The maximum atomic E-state index is 6.52. The van der Waals surface area contributed by atoms with E-state index in [1.807, 2.05) is 6.08 Å². The highest BCUT2D eigenvalue weighted by atomic mass is 35.5. The van der Waals surface area contributed by atoms with E-state index in [2.05, 4.69) is 37.8 Å². The van der Waals surface area contributed by atoms with Crippen LogP contribution in [0.2, 0.25) is 0 Å². The molecule has 2 heteroatoms. The van der Waals surface area contributed by atoms with Gasteiger partial charge in [0.05, 0.1) is 4.87 Å². The van der Waals surface area contributed by atoms with Crippen molar-refractivity contribution in [2.24, 2.45) is 0 Å². The van der Waals surface area contributed by atoms with Crippen molar-refractivity contribution in [1.29, 1.82) is 0 Å². The lowest BCUT2D eigenvalue weighted by Crippen LogP contribution is -2.23. The Kier molecular flexibility index (Phi) is 3.96. The van der Waals surface area contributed by atoms with Crippen molar-refractivity contribution < 1.29 is 0 Å². The maximum Gasteiger partial charge on any atom is 0.0668 e. The molecule has 0 aliphatic carbocycles. The van der Waals surface area contributed by atoms with Crippen molar-refractivity contribution >= 4 is 27.0 Å². The van der Waals surface area contributed by atoms with Gasteiger partial charge in [0.2, 0.25) is 0 Å². The van der Waals surface area contributed by atoms with E-state index in [1.54, 1.807) is 0 Å². The lowest BCUT2D eigenvalue weighted by molar-refractivity contribution is 0.620. The normalized spacial score (nSPS) is 15.0. The summed E-state index contributed by atoms with van der Waals surface area (Å²) in [5, 5.41) is 1.40. The summed E-state index contributed by atoms with van der Waals surface area (Å²) in [5.41, 5.74) is 1.29. The van der Waals surface area contributed by atoms with Gasteiger partial charge < -0.3 is 0 Å². The maximum absolute atomic E-state index is 6.52. The molecule has 0 bridgehead atoms. The molecule has 0 aliphatic rings. The third kappa shape index (κ3) is 2.73. The number of benzene rings is 1. The number of hydrogen-bond acceptors (Lipinski definition) is 0. The first kappa shape index (κ1) is 11.5. The first-order chi connectivity index (χ1) is 6.58. The van der Waals surface area contributed by atoms with E-state index in [0.717, 1.165) is 23.1 Å². The first-order valence-electron chi connectivity index (χ1n) is 4.94. The van der Waals surface area contributed by atoms with Crippen LogP contribution in [0.3, 0.4) is 0 Å². The van der Waals surface area contributed by atoms with Crippen LogP contribution < -0.4 is 5.19 Å². The lowest BCUT2D eigenvalue weighted by atomic mass is 9.95. The van der Waals surface area contributed by atoms with Crippen LogP contribution in [0, 0.1) is 0 Å². The van der Waals surface area contributed by atoms with Crippen LogP contribution in [0.15, 0.2) is 36.9 Å². The summed E-state index contributed by atoms with van der Waals surface area (Å²) in [6.45, 7) is 5.82. The molecule has 0 amide bonds. The van der Waals surface area contributed by atoms with Crippen LogP contribution in [0.4, 0.5) is 0 Å². The van der Waals surface area contributed by atoms with Gasteiger partial charge in [-0.1, -0.05) is 35.5 Å². The third-order valence-electron chi connectivity index (χ3n) is 2.52. The van der Waals surface area contributed by atoms with Crippen LogP contribution in [-0.4, -0.2) is 10.2 Å². The van der Waals surface area contributed by atoms with Crippen molar-refractivity contribution in [3.63, 3.8) is 0 Å². The van der Waals surface area contributed by atoms with E-state index in [0.29, 0.717) is 0 Å². The van der Waals surface area contributed by atoms with E-state index in [1.165, 1.54) is 10.8 Å². The zero-order chi connectivity index (χ0) is 10.6. The fraction of sp³-hybridized carbons (Fsp3) is 0.333. The summed E-state index contributed by atoms with van der Waals surface area (Å²) in [6.07, 6.45) is 3.85. The molecule has 76 valence electrons. The molecule has 0 nitrogen and oxygen atoms in total. The Balaban J connectivity index is 2.91. The molecule has 0 saturated heterocycles. The number of allylic oxidation sites excluding steroid dienone is 1. The minimum atomic E-state index is -0.230. The predicted octanol–water partition coefficient (Wildman–Crippen LogP) is 2.10. The number of rotatable bonds is 4. The summed E-state index contributed by atoms with van der Waals surface area (Å²) in [6, 6.07) is 8.44. The highest BCUT2D eigenvalue weighted by molar-refractivity contribution is 6.35. The molecule has 0 spiro atoms. The van der Waals surface area contributed by atoms with Gasteiger partial charge in [-0.2, -0.15) is 0 Å². The molecule has 1 aromatic rings. The lowest BCUT2D eigenvalue weighted by Gasteiger charge is -2.24. The van der Waals surface area contributed by atoms with Gasteiger partial charge in [0.1, 0.15) is 0 Å². The van der Waals surface area contributed by atoms with Gasteiger partial charge in [-0.05, 0) is 25.3 Å².